The van der Waals surface area contributed by atoms with Crippen molar-refractivity contribution in [3.63, 3.8) is 0 Å². The lowest BCUT2D eigenvalue weighted by molar-refractivity contribution is -0.127. The van der Waals surface area contributed by atoms with E-state index in [9.17, 15) is 4.79 Å². The van der Waals surface area contributed by atoms with Crippen LogP contribution in [0.4, 0.5) is 0 Å². The average Bonchev–Trinajstić information content (AvgIpc) is 2.84. The Morgan fingerprint density at radius 1 is 1.57 bits per heavy atom. The number of nitrogens with one attached hydrogen (secondary N) is 1. The molecule has 14 heavy (non-hydrogen) atoms. The summed E-state index contributed by atoms with van der Waals surface area (Å²) in [7, 11) is 1.61. The third-order valence-electron chi connectivity index (χ3n) is 2.79. The zero-order valence-corrected chi connectivity index (χ0v) is 9.22. The third-order valence-corrected chi connectivity index (χ3v) is 2.79. The average molecular weight is 200 g/mol. The molecule has 4 nitrogen and oxygen atoms in total. The molecule has 1 amide bonds. The van der Waals surface area contributed by atoms with Crippen molar-refractivity contribution < 1.29 is 9.53 Å². The van der Waals surface area contributed by atoms with Crippen LogP contribution < -0.4 is 11.1 Å². The number of ether oxygens (including phenoxy) is 1. The number of hydrogen-bond donors (Lipinski definition) is 2. The van der Waals surface area contributed by atoms with Crippen molar-refractivity contribution in [2.75, 3.05) is 13.7 Å². The number of methoxy groups -OCH3 is 1. The second-order valence-electron chi connectivity index (χ2n) is 4.67. The van der Waals surface area contributed by atoms with Crippen molar-refractivity contribution in [1.29, 1.82) is 0 Å². The Hall–Kier alpha value is -0.610. The molecule has 0 aromatic rings. The molecular formula is C10H20N2O2. The zero-order chi connectivity index (χ0) is 10.8. The summed E-state index contributed by atoms with van der Waals surface area (Å²) in [6.07, 6.45) is 2.39. The van der Waals surface area contributed by atoms with Crippen LogP contribution in [-0.4, -0.2) is 30.7 Å². The highest BCUT2D eigenvalue weighted by Gasteiger charge is 2.43. The molecule has 0 aromatic heterocycles. The van der Waals surface area contributed by atoms with Gasteiger partial charge in [-0.25, -0.2) is 0 Å². The summed E-state index contributed by atoms with van der Waals surface area (Å²) in [5.74, 6) is 0.0276. The lowest BCUT2D eigenvalue weighted by Gasteiger charge is -2.24. The van der Waals surface area contributed by atoms with Crippen LogP contribution in [0, 0.1) is 0 Å². The number of nitrogens with two attached hydrogens (primary N) is 1. The minimum atomic E-state index is -0.394. The van der Waals surface area contributed by atoms with Crippen molar-refractivity contribution >= 4 is 5.91 Å². The van der Waals surface area contributed by atoms with E-state index in [0.717, 1.165) is 12.8 Å². The number of carbonyl (C=O) groups excluding carboxylic acids is 1. The van der Waals surface area contributed by atoms with Gasteiger partial charge in [0.2, 0.25) is 5.91 Å². The van der Waals surface area contributed by atoms with Crippen LogP contribution in [0.25, 0.3) is 0 Å². The molecule has 1 aliphatic carbocycles. The molecule has 0 saturated heterocycles. The maximum atomic E-state index is 11.6. The van der Waals surface area contributed by atoms with Gasteiger partial charge in [-0.3, -0.25) is 4.79 Å². The Kier molecular flexibility index (Phi) is 3.17. The first-order chi connectivity index (χ1) is 6.43. The van der Waals surface area contributed by atoms with Crippen molar-refractivity contribution in [2.24, 2.45) is 5.73 Å². The van der Waals surface area contributed by atoms with Gasteiger partial charge >= 0.3 is 0 Å². The Morgan fingerprint density at radius 2 is 2.14 bits per heavy atom. The first kappa shape index (κ1) is 11.5. The molecule has 4 heteroatoms. The summed E-state index contributed by atoms with van der Waals surface area (Å²) >= 11 is 0. The van der Waals surface area contributed by atoms with Gasteiger partial charge in [-0.15, -0.1) is 0 Å². The molecule has 1 saturated carbocycles. The SMILES string of the molecule is COC(C)(C)CC(=O)NC1(CN)CC1. The molecule has 82 valence electrons. The Bertz CT molecular complexity index is 212. The number of carbonyl (C=O) groups is 1. The van der Waals surface area contributed by atoms with E-state index in [4.69, 9.17) is 10.5 Å². The summed E-state index contributed by atoms with van der Waals surface area (Å²) in [5.41, 5.74) is 5.08. The summed E-state index contributed by atoms with van der Waals surface area (Å²) in [6.45, 7) is 4.33. The molecule has 0 unspecified atom stereocenters. The van der Waals surface area contributed by atoms with Crippen LogP contribution in [0.2, 0.25) is 0 Å². The lowest BCUT2D eigenvalue weighted by Crippen LogP contribution is -2.44. The highest BCUT2D eigenvalue weighted by molar-refractivity contribution is 5.78. The fourth-order valence-corrected chi connectivity index (χ4v) is 1.33. The molecule has 0 aromatic carbocycles. The van der Waals surface area contributed by atoms with E-state index in [1.54, 1.807) is 7.11 Å². The van der Waals surface area contributed by atoms with E-state index in [2.05, 4.69) is 5.32 Å². The largest absolute Gasteiger partial charge is 0.378 e. The van der Waals surface area contributed by atoms with Crippen LogP contribution in [0.3, 0.4) is 0 Å². The molecule has 1 fully saturated rings. The number of rotatable bonds is 5. The normalized spacial score (nSPS) is 19.1. The van der Waals surface area contributed by atoms with Gasteiger partial charge in [-0.2, -0.15) is 0 Å². The molecule has 0 spiro atoms. The maximum absolute atomic E-state index is 11.6. The van der Waals surface area contributed by atoms with Crippen molar-refractivity contribution in [1.82, 2.24) is 5.32 Å². The number of amides is 1. The highest BCUT2D eigenvalue weighted by Crippen LogP contribution is 2.34. The van der Waals surface area contributed by atoms with Gasteiger partial charge < -0.3 is 15.8 Å². The molecular weight excluding hydrogens is 180 g/mol. The molecule has 0 aliphatic heterocycles. The Labute approximate surface area is 85.2 Å². The Morgan fingerprint density at radius 3 is 2.50 bits per heavy atom. The fourth-order valence-electron chi connectivity index (χ4n) is 1.33. The Balaban J connectivity index is 2.36. The molecule has 0 atom stereocenters. The first-order valence-corrected chi connectivity index (χ1v) is 4.99. The standard InChI is InChI=1S/C10H20N2O2/c1-9(2,14-3)6-8(13)12-10(7-11)4-5-10/h4-7,11H2,1-3H3,(H,12,13). The second-order valence-corrected chi connectivity index (χ2v) is 4.67. The van der Waals surface area contributed by atoms with E-state index in [-0.39, 0.29) is 11.4 Å². The molecule has 1 aliphatic rings. The quantitative estimate of drug-likeness (QED) is 0.675. The van der Waals surface area contributed by atoms with Crippen LogP contribution >= 0.6 is 0 Å². The number of hydrogen-bond acceptors (Lipinski definition) is 3. The van der Waals surface area contributed by atoms with Crippen LogP contribution in [-0.2, 0) is 9.53 Å². The van der Waals surface area contributed by atoms with Gasteiger partial charge in [-0.1, -0.05) is 0 Å². The predicted molar refractivity (Wildman–Crippen MR) is 54.9 cm³/mol. The third kappa shape index (κ3) is 2.96. The minimum absolute atomic E-state index is 0.0276. The van der Waals surface area contributed by atoms with E-state index in [1.807, 2.05) is 13.8 Å². The molecule has 0 bridgehead atoms. The summed E-state index contributed by atoms with van der Waals surface area (Å²) in [4.78, 5) is 11.6. The minimum Gasteiger partial charge on any atom is -0.378 e. The summed E-state index contributed by atoms with van der Waals surface area (Å²) in [6, 6.07) is 0. The molecule has 0 radical (unpaired) electrons. The van der Waals surface area contributed by atoms with Gasteiger partial charge in [-0.05, 0) is 26.7 Å². The van der Waals surface area contributed by atoms with E-state index in [0.29, 0.717) is 13.0 Å². The van der Waals surface area contributed by atoms with Gasteiger partial charge in [0.1, 0.15) is 0 Å². The molecule has 0 heterocycles. The van der Waals surface area contributed by atoms with Gasteiger partial charge in [0.25, 0.3) is 0 Å². The van der Waals surface area contributed by atoms with Crippen LogP contribution in [0.5, 0.6) is 0 Å². The first-order valence-electron chi connectivity index (χ1n) is 4.99. The molecule has 1 rings (SSSR count). The smallest absolute Gasteiger partial charge is 0.223 e. The van der Waals surface area contributed by atoms with Gasteiger partial charge in [0.15, 0.2) is 0 Å². The monoisotopic (exact) mass is 200 g/mol. The molecule has 3 N–H and O–H groups in total. The fraction of sp³-hybridized carbons (Fsp3) is 0.900. The van der Waals surface area contributed by atoms with E-state index < -0.39 is 5.60 Å². The van der Waals surface area contributed by atoms with E-state index >= 15 is 0 Å². The van der Waals surface area contributed by atoms with Crippen molar-refractivity contribution in [3.05, 3.63) is 0 Å². The topological polar surface area (TPSA) is 64.3 Å². The zero-order valence-electron chi connectivity index (χ0n) is 9.22. The van der Waals surface area contributed by atoms with Crippen LogP contribution in [0.15, 0.2) is 0 Å². The maximum Gasteiger partial charge on any atom is 0.223 e. The van der Waals surface area contributed by atoms with Gasteiger partial charge in [0.05, 0.1) is 17.6 Å². The summed E-state index contributed by atoms with van der Waals surface area (Å²) in [5, 5.41) is 2.96. The predicted octanol–water partition coefficient (Wildman–Crippen LogP) is 0.409. The van der Waals surface area contributed by atoms with Crippen molar-refractivity contribution in [3.8, 4) is 0 Å². The van der Waals surface area contributed by atoms with Gasteiger partial charge in [0, 0.05) is 13.7 Å². The lowest BCUT2D eigenvalue weighted by atomic mass is 10.0. The summed E-state index contributed by atoms with van der Waals surface area (Å²) < 4.78 is 5.18. The van der Waals surface area contributed by atoms with Crippen molar-refractivity contribution in [2.45, 2.75) is 44.2 Å². The highest BCUT2D eigenvalue weighted by atomic mass is 16.5. The van der Waals surface area contributed by atoms with Crippen LogP contribution in [0.1, 0.15) is 33.1 Å². The second kappa shape index (κ2) is 3.87. The van der Waals surface area contributed by atoms with E-state index in [1.165, 1.54) is 0 Å².